The minimum absolute atomic E-state index is 0.0138. The summed E-state index contributed by atoms with van der Waals surface area (Å²) in [5.41, 5.74) is 1.52. The number of hydrogen-bond acceptors (Lipinski definition) is 3. The molecule has 0 fully saturated rings. The van der Waals surface area contributed by atoms with Gasteiger partial charge in [-0.05, 0) is 58.4 Å². The van der Waals surface area contributed by atoms with Crippen LogP contribution in [0, 0.1) is 5.82 Å². The molecule has 0 aliphatic heterocycles. The monoisotopic (exact) mass is 419 g/mol. The first-order valence-electron chi connectivity index (χ1n) is 7.27. The van der Waals surface area contributed by atoms with Crippen molar-refractivity contribution in [1.29, 1.82) is 0 Å². The molecule has 4 nitrogen and oxygen atoms in total. The molecule has 3 rings (SSSR count). The Hall–Kier alpha value is -2.44. The van der Waals surface area contributed by atoms with Crippen molar-refractivity contribution in [1.82, 2.24) is 4.98 Å². The number of pyridine rings is 1. The fourth-order valence-corrected chi connectivity index (χ4v) is 2.72. The van der Waals surface area contributed by atoms with E-state index in [0.29, 0.717) is 22.8 Å². The summed E-state index contributed by atoms with van der Waals surface area (Å²) in [6, 6.07) is 14.8. The molecule has 0 saturated heterocycles. The van der Waals surface area contributed by atoms with Crippen molar-refractivity contribution in [3.63, 3.8) is 0 Å². The lowest BCUT2D eigenvalue weighted by Crippen LogP contribution is -2.15. The van der Waals surface area contributed by atoms with E-state index >= 15 is 0 Å². The summed E-state index contributed by atoms with van der Waals surface area (Å²) in [5, 5.41) is 5.79. The van der Waals surface area contributed by atoms with Gasteiger partial charge in [-0.3, -0.25) is 4.79 Å². The Labute approximate surface area is 157 Å². The van der Waals surface area contributed by atoms with Crippen LogP contribution in [0.4, 0.5) is 21.6 Å². The van der Waals surface area contributed by atoms with Crippen LogP contribution in [0.1, 0.15) is 10.4 Å². The number of para-hydroxylation sites is 1. The van der Waals surface area contributed by atoms with Crippen molar-refractivity contribution < 1.29 is 9.18 Å². The maximum Gasteiger partial charge on any atom is 0.259 e. The van der Waals surface area contributed by atoms with Crippen LogP contribution in [0.3, 0.4) is 0 Å². The van der Waals surface area contributed by atoms with Crippen molar-refractivity contribution >= 4 is 50.6 Å². The molecule has 7 heteroatoms. The second-order valence-corrected chi connectivity index (χ2v) is 6.35. The van der Waals surface area contributed by atoms with Gasteiger partial charge in [-0.2, -0.15) is 0 Å². The van der Waals surface area contributed by atoms with Crippen molar-refractivity contribution in [3.05, 3.63) is 81.7 Å². The number of aromatic nitrogens is 1. The van der Waals surface area contributed by atoms with Crippen LogP contribution >= 0.6 is 27.5 Å². The maximum atomic E-state index is 13.3. The lowest BCUT2D eigenvalue weighted by atomic mass is 10.2. The number of anilines is 3. The van der Waals surface area contributed by atoms with Gasteiger partial charge in [0.15, 0.2) is 0 Å². The molecule has 3 aromatic rings. The second kappa shape index (κ2) is 7.63. The average Bonchev–Trinajstić information content (AvgIpc) is 2.60. The second-order valence-electron chi connectivity index (χ2n) is 5.09. The van der Waals surface area contributed by atoms with E-state index in [-0.39, 0.29) is 10.9 Å². The Balaban J connectivity index is 1.86. The third-order valence-corrected chi connectivity index (χ3v) is 4.34. The molecule has 0 aliphatic rings. The van der Waals surface area contributed by atoms with Gasteiger partial charge in [0.05, 0.1) is 16.3 Å². The molecule has 0 saturated carbocycles. The number of carbonyl (C=O) groups is 1. The van der Waals surface area contributed by atoms with Crippen LogP contribution in [-0.2, 0) is 0 Å². The molecule has 0 spiro atoms. The van der Waals surface area contributed by atoms with E-state index in [1.165, 1.54) is 18.2 Å². The lowest BCUT2D eigenvalue weighted by molar-refractivity contribution is 0.102. The van der Waals surface area contributed by atoms with Crippen molar-refractivity contribution in [2.24, 2.45) is 0 Å². The van der Waals surface area contributed by atoms with Gasteiger partial charge in [0, 0.05) is 16.4 Å². The molecule has 1 heterocycles. The SMILES string of the molecule is O=C(Nc1ccccc1Br)c1cccnc1Nc1ccc(F)c(Cl)c1. The highest BCUT2D eigenvalue weighted by molar-refractivity contribution is 9.10. The number of carbonyl (C=O) groups excluding carboxylic acids is 1. The Bertz CT molecular complexity index is 936. The Morgan fingerprint density at radius 3 is 2.68 bits per heavy atom. The van der Waals surface area contributed by atoms with Gasteiger partial charge in [-0.15, -0.1) is 0 Å². The highest BCUT2D eigenvalue weighted by Gasteiger charge is 2.14. The summed E-state index contributed by atoms with van der Waals surface area (Å²) in [4.78, 5) is 16.8. The predicted octanol–water partition coefficient (Wildman–Crippen LogP) is 5.63. The van der Waals surface area contributed by atoms with Gasteiger partial charge in [-0.1, -0.05) is 23.7 Å². The van der Waals surface area contributed by atoms with Gasteiger partial charge >= 0.3 is 0 Å². The third-order valence-electron chi connectivity index (χ3n) is 3.36. The highest BCUT2D eigenvalue weighted by atomic mass is 79.9. The average molecular weight is 421 g/mol. The topological polar surface area (TPSA) is 54.0 Å². The molecule has 25 heavy (non-hydrogen) atoms. The fourth-order valence-electron chi connectivity index (χ4n) is 2.15. The van der Waals surface area contributed by atoms with E-state index in [2.05, 4.69) is 31.5 Å². The zero-order valence-corrected chi connectivity index (χ0v) is 15.1. The molecule has 2 N–H and O–H groups in total. The first kappa shape index (κ1) is 17.4. The summed E-state index contributed by atoms with van der Waals surface area (Å²) in [7, 11) is 0. The molecule has 2 aromatic carbocycles. The first-order valence-corrected chi connectivity index (χ1v) is 8.44. The van der Waals surface area contributed by atoms with E-state index in [4.69, 9.17) is 11.6 Å². The Kier molecular flexibility index (Phi) is 5.31. The summed E-state index contributed by atoms with van der Waals surface area (Å²) < 4.78 is 14.1. The van der Waals surface area contributed by atoms with Crippen LogP contribution in [0.25, 0.3) is 0 Å². The van der Waals surface area contributed by atoms with Crippen LogP contribution in [-0.4, -0.2) is 10.9 Å². The number of nitrogens with one attached hydrogen (secondary N) is 2. The van der Waals surface area contributed by atoms with Crippen LogP contribution in [0.15, 0.2) is 65.3 Å². The van der Waals surface area contributed by atoms with Gasteiger partial charge < -0.3 is 10.6 Å². The lowest BCUT2D eigenvalue weighted by Gasteiger charge is -2.12. The molecule has 0 bridgehead atoms. The number of benzene rings is 2. The summed E-state index contributed by atoms with van der Waals surface area (Å²) in [6.45, 7) is 0. The maximum absolute atomic E-state index is 13.3. The molecule has 0 atom stereocenters. The quantitative estimate of drug-likeness (QED) is 0.575. The number of halogens is 3. The predicted molar refractivity (Wildman–Crippen MR) is 101 cm³/mol. The Morgan fingerprint density at radius 2 is 1.92 bits per heavy atom. The Morgan fingerprint density at radius 1 is 1.12 bits per heavy atom. The standard InChI is InChI=1S/C18H12BrClFN3O/c19-13-5-1-2-6-16(13)24-18(25)12-4-3-9-22-17(12)23-11-7-8-15(21)14(20)10-11/h1-10H,(H,22,23)(H,24,25). The zero-order valence-electron chi connectivity index (χ0n) is 12.8. The van der Waals surface area contributed by atoms with E-state index in [9.17, 15) is 9.18 Å². The number of nitrogens with zero attached hydrogens (tertiary/aromatic N) is 1. The van der Waals surface area contributed by atoms with Crippen molar-refractivity contribution in [2.45, 2.75) is 0 Å². The van der Waals surface area contributed by atoms with Gasteiger partial charge in [-0.25, -0.2) is 9.37 Å². The molecular formula is C18H12BrClFN3O. The van der Waals surface area contributed by atoms with E-state index in [1.54, 1.807) is 24.4 Å². The summed E-state index contributed by atoms with van der Waals surface area (Å²) in [5.74, 6) is -0.495. The smallest absolute Gasteiger partial charge is 0.259 e. The van der Waals surface area contributed by atoms with E-state index < -0.39 is 5.82 Å². The molecule has 0 aliphatic carbocycles. The van der Waals surface area contributed by atoms with Crippen molar-refractivity contribution in [3.8, 4) is 0 Å². The van der Waals surface area contributed by atoms with Crippen LogP contribution in [0.2, 0.25) is 5.02 Å². The summed E-state index contributed by atoms with van der Waals surface area (Å²) in [6.07, 6.45) is 1.56. The highest BCUT2D eigenvalue weighted by Crippen LogP contribution is 2.25. The number of amides is 1. The van der Waals surface area contributed by atoms with Crippen LogP contribution < -0.4 is 10.6 Å². The number of hydrogen-bond donors (Lipinski definition) is 2. The van der Waals surface area contributed by atoms with Crippen LogP contribution in [0.5, 0.6) is 0 Å². The molecule has 1 aromatic heterocycles. The zero-order chi connectivity index (χ0) is 17.8. The van der Waals surface area contributed by atoms with E-state index in [1.807, 2.05) is 18.2 Å². The molecular weight excluding hydrogens is 409 g/mol. The van der Waals surface area contributed by atoms with Gasteiger partial charge in [0.25, 0.3) is 5.91 Å². The largest absolute Gasteiger partial charge is 0.340 e. The normalized spacial score (nSPS) is 10.4. The minimum atomic E-state index is -0.514. The minimum Gasteiger partial charge on any atom is -0.340 e. The molecule has 0 unspecified atom stereocenters. The molecule has 1 amide bonds. The van der Waals surface area contributed by atoms with Gasteiger partial charge in [0.1, 0.15) is 11.6 Å². The summed E-state index contributed by atoms with van der Waals surface area (Å²) >= 11 is 9.18. The third kappa shape index (κ3) is 4.15. The van der Waals surface area contributed by atoms with E-state index in [0.717, 1.165) is 4.47 Å². The first-order chi connectivity index (χ1) is 12.0. The van der Waals surface area contributed by atoms with Crippen molar-refractivity contribution in [2.75, 3.05) is 10.6 Å². The molecule has 126 valence electrons. The number of rotatable bonds is 4. The fraction of sp³-hybridized carbons (Fsp3) is 0. The molecule has 0 radical (unpaired) electrons. The van der Waals surface area contributed by atoms with Gasteiger partial charge in [0.2, 0.25) is 0 Å².